The van der Waals surface area contributed by atoms with Gasteiger partial charge in [0, 0.05) is 17.4 Å². The first-order chi connectivity index (χ1) is 9.10. The first-order valence-electron chi connectivity index (χ1n) is 6.61. The maximum atomic E-state index is 12.0. The van der Waals surface area contributed by atoms with E-state index in [1.807, 2.05) is 24.0 Å². The van der Waals surface area contributed by atoms with Crippen LogP contribution in [-0.4, -0.2) is 41.7 Å². The number of nitrogens with one attached hydrogen (secondary N) is 1. The Hall–Kier alpha value is -1.59. The van der Waals surface area contributed by atoms with Crippen molar-refractivity contribution in [1.29, 1.82) is 0 Å². The molecule has 104 valence electrons. The average Bonchev–Trinajstić information content (AvgIpc) is 2.81. The average molecular weight is 263 g/mol. The molecule has 0 aromatic heterocycles. The molecule has 1 heterocycles. The molecule has 0 aliphatic carbocycles. The minimum absolute atomic E-state index is 0.0661. The van der Waals surface area contributed by atoms with Crippen molar-refractivity contribution in [3.05, 3.63) is 23.8 Å². The van der Waals surface area contributed by atoms with Crippen LogP contribution >= 0.6 is 0 Å². The fraction of sp³-hybridized carbons (Fsp3) is 0.500. The van der Waals surface area contributed by atoms with E-state index in [4.69, 9.17) is 5.73 Å². The summed E-state index contributed by atoms with van der Waals surface area (Å²) in [6, 6.07) is 5.61. The largest absolute Gasteiger partial charge is 0.398 e. The molecule has 1 saturated heterocycles. The first kappa shape index (κ1) is 13.8. The molecular weight excluding hydrogens is 242 g/mol. The second-order valence-electron chi connectivity index (χ2n) is 5.07. The van der Waals surface area contributed by atoms with Crippen LogP contribution in [0.1, 0.15) is 18.4 Å². The normalized spacial score (nSPS) is 19.6. The van der Waals surface area contributed by atoms with Gasteiger partial charge in [0.2, 0.25) is 5.91 Å². The molecule has 1 aromatic carbocycles. The summed E-state index contributed by atoms with van der Waals surface area (Å²) in [5.41, 5.74) is 8.20. The van der Waals surface area contributed by atoms with E-state index < -0.39 is 0 Å². The lowest BCUT2D eigenvalue weighted by Crippen LogP contribution is -2.38. The Morgan fingerprint density at radius 2 is 2.37 bits per heavy atom. The van der Waals surface area contributed by atoms with Crippen molar-refractivity contribution in [3.8, 4) is 0 Å². The molecule has 1 atom stereocenters. The predicted molar refractivity (Wildman–Crippen MR) is 75.9 cm³/mol. The summed E-state index contributed by atoms with van der Waals surface area (Å²) in [4.78, 5) is 14.0. The molecule has 2 rings (SSSR count). The number of amides is 1. The topological polar surface area (TPSA) is 78.6 Å². The van der Waals surface area contributed by atoms with Gasteiger partial charge in [-0.25, -0.2) is 0 Å². The summed E-state index contributed by atoms with van der Waals surface area (Å²) < 4.78 is 0. The summed E-state index contributed by atoms with van der Waals surface area (Å²) in [6.07, 6.45) is 2.00. The van der Waals surface area contributed by atoms with Crippen LogP contribution < -0.4 is 11.1 Å². The molecule has 1 amide bonds. The Labute approximate surface area is 113 Å². The van der Waals surface area contributed by atoms with Gasteiger partial charge in [0.05, 0.1) is 13.2 Å². The number of aliphatic hydroxyl groups excluding tert-OH is 1. The lowest BCUT2D eigenvalue weighted by Gasteiger charge is -2.21. The standard InChI is InChI=1S/C14H21N3O2/c1-10-4-5-11(7-13(10)15)16-14(19)8-17-6-2-3-12(17)9-18/h4-5,7,12,18H,2-3,6,8-9,15H2,1H3,(H,16,19). The van der Waals surface area contributed by atoms with Crippen molar-refractivity contribution in [2.24, 2.45) is 0 Å². The number of likely N-dealkylation sites (tertiary alicyclic amines) is 1. The van der Waals surface area contributed by atoms with Gasteiger partial charge >= 0.3 is 0 Å². The molecule has 4 N–H and O–H groups in total. The molecule has 0 radical (unpaired) electrons. The van der Waals surface area contributed by atoms with Gasteiger partial charge in [-0.1, -0.05) is 6.07 Å². The van der Waals surface area contributed by atoms with E-state index in [0.717, 1.165) is 24.9 Å². The van der Waals surface area contributed by atoms with E-state index in [0.29, 0.717) is 17.9 Å². The Kier molecular flexibility index (Phi) is 4.39. The summed E-state index contributed by atoms with van der Waals surface area (Å²) in [7, 11) is 0. The van der Waals surface area contributed by atoms with E-state index in [1.54, 1.807) is 6.07 Å². The third kappa shape index (κ3) is 3.45. The Morgan fingerprint density at radius 1 is 1.58 bits per heavy atom. The fourth-order valence-corrected chi connectivity index (χ4v) is 2.41. The summed E-state index contributed by atoms with van der Waals surface area (Å²) in [5.74, 6) is -0.0661. The molecule has 0 bridgehead atoms. The predicted octanol–water partition coefficient (Wildman–Crippen LogP) is 0.972. The van der Waals surface area contributed by atoms with Crippen LogP contribution in [0, 0.1) is 6.92 Å². The molecule has 5 nitrogen and oxygen atoms in total. The van der Waals surface area contributed by atoms with Gasteiger partial charge in [0.1, 0.15) is 0 Å². The molecule has 19 heavy (non-hydrogen) atoms. The third-order valence-corrected chi connectivity index (χ3v) is 3.62. The van der Waals surface area contributed by atoms with Crippen molar-refractivity contribution in [1.82, 2.24) is 4.90 Å². The summed E-state index contributed by atoms with van der Waals surface area (Å²) in [6.45, 7) is 3.23. The van der Waals surface area contributed by atoms with Gasteiger partial charge in [-0.2, -0.15) is 0 Å². The Bertz CT molecular complexity index is 462. The van der Waals surface area contributed by atoms with Crippen LogP contribution in [0.2, 0.25) is 0 Å². The van der Waals surface area contributed by atoms with Crippen LogP contribution in [0.3, 0.4) is 0 Å². The highest BCUT2D eigenvalue weighted by molar-refractivity contribution is 5.92. The quantitative estimate of drug-likeness (QED) is 0.707. The zero-order valence-corrected chi connectivity index (χ0v) is 11.2. The number of nitrogens with two attached hydrogens (primary N) is 1. The number of nitrogens with zero attached hydrogens (tertiary/aromatic N) is 1. The molecule has 1 fully saturated rings. The number of carbonyl (C=O) groups excluding carboxylic acids is 1. The minimum atomic E-state index is -0.0661. The summed E-state index contributed by atoms with van der Waals surface area (Å²) in [5, 5.41) is 12.1. The van der Waals surface area contributed by atoms with E-state index >= 15 is 0 Å². The lowest BCUT2D eigenvalue weighted by molar-refractivity contribution is -0.117. The van der Waals surface area contributed by atoms with Gasteiger partial charge in [-0.05, 0) is 44.0 Å². The minimum Gasteiger partial charge on any atom is -0.398 e. The number of anilines is 2. The summed E-state index contributed by atoms with van der Waals surface area (Å²) >= 11 is 0. The van der Waals surface area contributed by atoms with Crippen LogP contribution in [0.5, 0.6) is 0 Å². The van der Waals surface area contributed by atoms with Crippen LogP contribution in [0.15, 0.2) is 18.2 Å². The van der Waals surface area contributed by atoms with Gasteiger partial charge in [0.15, 0.2) is 0 Å². The van der Waals surface area contributed by atoms with E-state index in [1.165, 1.54) is 0 Å². The third-order valence-electron chi connectivity index (χ3n) is 3.62. The van der Waals surface area contributed by atoms with Gasteiger partial charge < -0.3 is 16.2 Å². The zero-order chi connectivity index (χ0) is 13.8. The molecule has 0 spiro atoms. The number of aryl methyl sites for hydroxylation is 1. The van der Waals surface area contributed by atoms with Crippen molar-refractivity contribution in [2.75, 3.05) is 30.7 Å². The number of carbonyl (C=O) groups is 1. The number of hydrogen-bond donors (Lipinski definition) is 3. The van der Waals surface area contributed by atoms with E-state index in [-0.39, 0.29) is 18.6 Å². The lowest BCUT2D eigenvalue weighted by atomic mass is 10.2. The Balaban J connectivity index is 1.92. The molecule has 5 heteroatoms. The van der Waals surface area contributed by atoms with Gasteiger partial charge in [0.25, 0.3) is 0 Å². The van der Waals surface area contributed by atoms with Gasteiger partial charge in [-0.3, -0.25) is 9.69 Å². The van der Waals surface area contributed by atoms with Gasteiger partial charge in [-0.15, -0.1) is 0 Å². The van der Waals surface area contributed by atoms with Crippen LogP contribution in [0.25, 0.3) is 0 Å². The molecule has 1 aromatic rings. The Morgan fingerprint density at radius 3 is 3.05 bits per heavy atom. The van der Waals surface area contributed by atoms with Crippen molar-refractivity contribution in [3.63, 3.8) is 0 Å². The molecule has 0 saturated carbocycles. The molecular formula is C14H21N3O2. The van der Waals surface area contributed by atoms with E-state index in [9.17, 15) is 9.90 Å². The number of aliphatic hydroxyl groups is 1. The second kappa shape index (κ2) is 6.04. The zero-order valence-electron chi connectivity index (χ0n) is 11.2. The molecule has 1 aliphatic heterocycles. The second-order valence-corrected chi connectivity index (χ2v) is 5.07. The van der Waals surface area contributed by atoms with Crippen LogP contribution in [-0.2, 0) is 4.79 Å². The maximum Gasteiger partial charge on any atom is 0.238 e. The molecule has 1 unspecified atom stereocenters. The number of nitrogen functional groups attached to an aromatic ring is 1. The smallest absolute Gasteiger partial charge is 0.238 e. The first-order valence-corrected chi connectivity index (χ1v) is 6.61. The highest BCUT2D eigenvalue weighted by Gasteiger charge is 2.25. The number of hydrogen-bond acceptors (Lipinski definition) is 4. The SMILES string of the molecule is Cc1ccc(NC(=O)CN2CCCC2CO)cc1N. The van der Waals surface area contributed by atoms with Crippen LogP contribution in [0.4, 0.5) is 11.4 Å². The maximum absolute atomic E-state index is 12.0. The number of benzene rings is 1. The molecule has 1 aliphatic rings. The highest BCUT2D eigenvalue weighted by atomic mass is 16.3. The monoisotopic (exact) mass is 263 g/mol. The highest BCUT2D eigenvalue weighted by Crippen LogP contribution is 2.18. The fourth-order valence-electron chi connectivity index (χ4n) is 2.41. The van der Waals surface area contributed by atoms with Crippen molar-refractivity contribution in [2.45, 2.75) is 25.8 Å². The van der Waals surface area contributed by atoms with Crippen molar-refractivity contribution >= 4 is 17.3 Å². The van der Waals surface area contributed by atoms with Crippen molar-refractivity contribution < 1.29 is 9.90 Å². The number of rotatable bonds is 4. The van der Waals surface area contributed by atoms with E-state index in [2.05, 4.69) is 5.32 Å².